The molecule has 0 aromatic carbocycles. The SMILES string of the molecule is CCOC(=O)C[C@@H]1C[C@H](O)[C@H](C)[C@H]1CO. The molecule has 0 bridgehead atoms. The smallest absolute Gasteiger partial charge is 0.306 e. The van der Waals surface area contributed by atoms with E-state index in [4.69, 9.17) is 4.74 Å². The van der Waals surface area contributed by atoms with Crippen LogP contribution in [0.1, 0.15) is 26.7 Å². The summed E-state index contributed by atoms with van der Waals surface area (Å²) in [7, 11) is 0. The van der Waals surface area contributed by atoms with Gasteiger partial charge in [-0.25, -0.2) is 0 Å². The van der Waals surface area contributed by atoms with Crippen molar-refractivity contribution in [2.75, 3.05) is 13.2 Å². The maximum Gasteiger partial charge on any atom is 0.306 e. The lowest BCUT2D eigenvalue weighted by Gasteiger charge is -2.19. The van der Waals surface area contributed by atoms with Gasteiger partial charge in [-0.15, -0.1) is 0 Å². The van der Waals surface area contributed by atoms with Crippen LogP contribution < -0.4 is 0 Å². The molecule has 0 aromatic rings. The molecule has 4 atom stereocenters. The lowest BCUT2D eigenvalue weighted by atomic mass is 9.89. The molecule has 2 N–H and O–H groups in total. The summed E-state index contributed by atoms with van der Waals surface area (Å²) in [6.45, 7) is 4.10. The van der Waals surface area contributed by atoms with E-state index in [9.17, 15) is 15.0 Å². The fourth-order valence-corrected chi connectivity index (χ4v) is 2.40. The van der Waals surface area contributed by atoms with Gasteiger partial charge >= 0.3 is 5.97 Å². The first-order chi connectivity index (χ1) is 7.10. The Morgan fingerprint density at radius 3 is 2.73 bits per heavy atom. The second kappa shape index (κ2) is 5.47. The van der Waals surface area contributed by atoms with Gasteiger partial charge in [0.2, 0.25) is 0 Å². The number of aliphatic hydroxyl groups is 2. The molecule has 88 valence electrons. The van der Waals surface area contributed by atoms with Gasteiger partial charge in [0.25, 0.3) is 0 Å². The van der Waals surface area contributed by atoms with Crippen molar-refractivity contribution < 1.29 is 19.7 Å². The number of esters is 1. The van der Waals surface area contributed by atoms with Gasteiger partial charge in [0, 0.05) is 13.0 Å². The Hall–Kier alpha value is -0.610. The van der Waals surface area contributed by atoms with Gasteiger partial charge in [-0.1, -0.05) is 6.92 Å². The van der Waals surface area contributed by atoms with Gasteiger partial charge < -0.3 is 14.9 Å². The molecule has 1 fully saturated rings. The van der Waals surface area contributed by atoms with Crippen LogP contribution in [-0.4, -0.2) is 35.5 Å². The zero-order chi connectivity index (χ0) is 11.4. The zero-order valence-corrected chi connectivity index (χ0v) is 9.35. The van der Waals surface area contributed by atoms with E-state index in [1.54, 1.807) is 6.92 Å². The van der Waals surface area contributed by atoms with Gasteiger partial charge in [0.1, 0.15) is 0 Å². The van der Waals surface area contributed by atoms with Crippen LogP contribution in [0, 0.1) is 17.8 Å². The highest BCUT2D eigenvalue weighted by atomic mass is 16.5. The maximum absolute atomic E-state index is 11.3. The van der Waals surface area contributed by atoms with Crippen molar-refractivity contribution in [3.63, 3.8) is 0 Å². The van der Waals surface area contributed by atoms with Crippen LogP contribution in [-0.2, 0) is 9.53 Å². The summed E-state index contributed by atoms with van der Waals surface area (Å²) < 4.78 is 4.86. The minimum absolute atomic E-state index is 0.0180. The molecule has 0 heterocycles. The minimum atomic E-state index is -0.401. The van der Waals surface area contributed by atoms with E-state index in [2.05, 4.69) is 0 Å². The fraction of sp³-hybridized carbons (Fsp3) is 0.909. The molecule has 0 aromatic heterocycles. The summed E-state index contributed by atoms with van der Waals surface area (Å²) in [6.07, 6.45) is 0.493. The van der Waals surface area contributed by atoms with E-state index in [1.807, 2.05) is 6.92 Å². The average molecular weight is 216 g/mol. The van der Waals surface area contributed by atoms with Crippen LogP contribution >= 0.6 is 0 Å². The van der Waals surface area contributed by atoms with Crippen molar-refractivity contribution in [3.05, 3.63) is 0 Å². The summed E-state index contributed by atoms with van der Waals surface area (Å²) >= 11 is 0. The first-order valence-corrected chi connectivity index (χ1v) is 5.54. The topological polar surface area (TPSA) is 66.8 Å². The number of rotatable bonds is 4. The predicted octanol–water partition coefficient (Wildman–Crippen LogP) is 0.565. The quantitative estimate of drug-likeness (QED) is 0.674. The second-order valence-corrected chi connectivity index (χ2v) is 4.28. The fourth-order valence-electron chi connectivity index (χ4n) is 2.40. The molecule has 0 saturated heterocycles. The average Bonchev–Trinajstić information content (AvgIpc) is 2.42. The van der Waals surface area contributed by atoms with Crippen molar-refractivity contribution >= 4 is 5.97 Å². The lowest BCUT2D eigenvalue weighted by molar-refractivity contribution is -0.144. The monoisotopic (exact) mass is 216 g/mol. The number of carbonyl (C=O) groups excluding carboxylic acids is 1. The third-order valence-electron chi connectivity index (χ3n) is 3.38. The number of aliphatic hydroxyl groups excluding tert-OH is 2. The molecule has 0 amide bonds. The van der Waals surface area contributed by atoms with E-state index in [0.717, 1.165) is 0 Å². The first kappa shape index (κ1) is 12.5. The van der Waals surface area contributed by atoms with Gasteiger partial charge in [-0.2, -0.15) is 0 Å². The van der Waals surface area contributed by atoms with Gasteiger partial charge in [-0.3, -0.25) is 4.79 Å². The molecule has 4 heteroatoms. The Balaban J connectivity index is 2.51. The molecule has 15 heavy (non-hydrogen) atoms. The summed E-state index contributed by atoms with van der Waals surface area (Å²) in [6, 6.07) is 0. The van der Waals surface area contributed by atoms with Crippen molar-refractivity contribution in [1.82, 2.24) is 0 Å². The van der Waals surface area contributed by atoms with Crippen molar-refractivity contribution in [2.45, 2.75) is 32.8 Å². The van der Waals surface area contributed by atoms with Gasteiger partial charge in [0.05, 0.1) is 12.7 Å². The minimum Gasteiger partial charge on any atom is -0.466 e. The van der Waals surface area contributed by atoms with Crippen molar-refractivity contribution in [3.8, 4) is 0 Å². The Labute approximate surface area is 90.2 Å². The standard InChI is InChI=1S/C11H20O4/c1-3-15-11(14)5-8-4-10(13)7(2)9(8)6-12/h7-10,12-13H,3-6H2,1-2H3/t7-,8+,9-,10+/m1/s1. The summed E-state index contributed by atoms with van der Waals surface area (Å²) in [5, 5.41) is 18.9. The third kappa shape index (κ3) is 2.92. The maximum atomic E-state index is 11.3. The number of carbonyl (C=O) groups is 1. The van der Waals surface area contributed by atoms with Crippen molar-refractivity contribution in [2.24, 2.45) is 17.8 Å². The van der Waals surface area contributed by atoms with E-state index in [0.29, 0.717) is 19.4 Å². The Morgan fingerprint density at radius 1 is 1.53 bits per heavy atom. The van der Waals surface area contributed by atoms with E-state index < -0.39 is 6.10 Å². The Kier molecular flexibility index (Phi) is 4.54. The van der Waals surface area contributed by atoms with E-state index in [-0.39, 0.29) is 30.3 Å². The number of hydrogen-bond acceptors (Lipinski definition) is 4. The van der Waals surface area contributed by atoms with E-state index in [1.165, 1.54) is 0 Å². The van der Waals surface area contributed by atoms with Crippen LogP contribution in [0.3, 0.4) is 0 Å². The highest BCUT2D eigenvalue weighted by Crippen LogP contribution is 2.38. The third-order valence-corrected chi connectivity index (χ3v) is 3.38. The Bertz CT molecular complexity index is 217. The molecule has 1 saturated carbocycles. The Morgan fingerprint density at radius 2 is 2.20 bits per heavy atom. The first-order valence-electron chi connectivity index (χ1n) is 5.54. The van der Waals surface area contributed by atoms with Gasteiger partial charge in [-0.05, 0) is 31.1 Å². The van der Waals surface area contributed by atoms with Gasteiger partial charge in [0.15, 0.2) is 0 Å². The van der Waals surface area contributed by atoms with Crippen LogP contribution in [0.15, 0.2) is 0 Å². The van der Waals surface area contributed by atoms with Crippen LogP contribution in [0.4, 0.5) is 0 Å². The largest absolute Gasteiger partial charge is 0.466 e. The molecular weight excluding hydrogens is 196 g/mol. The zero-order valence-electron chi connectivity index (χ0n) is 9.35. The molecule has 0 aliphatic heterocycles. The predicted molar refractivity (Wildman–Crippen MR) is 55.1 cm³/mol. The molecule has 4 nitrogen and oxygen atoms in total. The molecule has 0 unspecified atom stereocenters. The molecule has 0 radical (unpaired) electrons. The molecule has 1 aliphatic carbocycles. The summed E-state index contributed by atoms with van der Waals surface area (Å²) in [4.78, 5) is 11.3. The normalized spacial score (nSPS) is 35.5. The highest BCUT2D eigenvalue weighted by Gasteiger charge is 2.40. The van der Waals surface area contributed by atoms with Crippen LogP contribution in [0.2, 0.25) is 0 Å². The molecule has 0 spiro atoms. The molecule has 1 rings (SSSR count). The van der Waals surface area contributed by atoms with E-state index >= 15 is 0 Å². The van der Waals surface area contributed by atoms with Crippen LogP contribution in [0.5, 0.6) is 0 Å². The molecule has 1 aliphatic rings. The highest BCUT2D eigenvalue weighted by molar-refractivity contribution is 5.69. The molecular formula is C11H20O4. The second-order valence-electron chi connectivity index (χ2n) is 4.28. The lowest BCUT2D eigenvalue weighted by Crippen LogP contribution is -2.22. The summed E-state index contributed by atoms with van der Waals surface area (Å²) in [5.74, 6) is -0.0971. The van der Waals surface area contributed by atoms with Crippen LogP contribution in [0.25, 0.3) is 0 Å². The number of ether oxygens (including phenoxy) is 1. The van der Waals surface area contributed by atoms with Crippen molar-refractivity contribution in [1.29, 1.82) is 0 Å². The number of hydrogen-bond donors (Lipinski definition) is 2. The summed E-state index contributed by atoms with van der Waals surface area (Å²) in [5.41, 5.74) is 0.